The molecule has 1 aromatic heterocycles. The molecule has 0 aromatic carbocycles. The van der Waals surface area contributed by atoms with Crippen molar-refractivity contribution >= 4 is 11.3 Å². The molecule has 2 nitrogen and oxygen atoms in total. The number of fused-ring (bicyclic) bond motifs is 1. The highest BCUT2D eigenvalue weighted by Gasteiger charge is 2.35. The summed E-state index contributed by atoms with van der Waals surface area (Å²) in [7, 11) is 0. The molecule has 1 N–H and O–H groups in total. The van der Waals surface area contributed by atoms with Crippen LogP contribution in [0.15, 0.2) is 12.1 Å². The van der Waals surface area contributed by atoms with Gasteiger partial charge in [-0.3, -0.25) is 4.90 Å². The Kier molecular flexibility index (Phi) is 4.57. The Labute approximate surface area is 121 Å². The maximum atomic E-state index is 3.41. The smallest absolute Gasteiger partial charge is 0.0331 e. The molecule has 2 aliphatic rings. The van der Waals surface area contributed by atoms with Crippen LogP contribution in [-0.2, 0) is 13.1 Å². The van der Waals surface area contributed by atoms with Gasteiger partial charge < -0.3 is 5.32 Å². The fourth-order valence-corrected chi connectivity index (χ4v) is 4.76. The van der Waals surface area contributed by atoms with Gasteiger partial charge in [0.2, 0.25) is 0 Å². The predicted molar refractivity (Wildman–Crippen MR) is 82.5 cm³/mol. The highest BCUT2D eigenvalue weighted by atomic mass is 32.1. The SMILES string of the molecule is CCNCc1ccc(CN2CCC3CCCCC32)s1. The molecule has 3 rings (SSSR count). The molecule has 0 amide bonds. The second-order valence-corrected chi connectivity index (χ2v) is 7.27. The van der Waals surface area contributed by atoms with E-state index in [1.807, 2.05) is 11.3 Å². The molecule has 3 heteroatoms. The normalized spacial score (nSPS) is 27.6. The van der Waals surface area contributed by atoms with Crippen LogP contribution < -0.4 is 5.32 Å². The van der Waals surface area contributed by atoms with Crippen LogP contribution in [0, 0.1) is 5.92 Å². The third-order valence-corrected chi connectivity index (χ3v) is 5.82. The number of thiophene rings is 1. The summed E-state index contributed by atoms with van der Waals surface area (Å²) in [6.45, 7) is 6.78. The summed E-state index contributed by atoms with van der Waals surface area (Å²) in [4.78, 5) is 5.79. The third-order valence-electron chi connectivity index (χ3n) is 4.75. The van der Waals surface area contributed by atoms with Crippen LogP contribution in [0.25, 0.3) is 0 Å². The average molecular weight is 278 g/mol. The molecular weight excluding hydrogens is 252 g/mol. The number of rotatable bonds is 5. The molecule has 19 heavy (non-hydrogen) atoms. The number of hydrogen-bond donors (Lipinski definition) is 1. The van der Waals surface area contributed by atoms with E-state index in [1.54, 1.807) is 4.88 Å². The second-order valence-electron chi connectivity index (χ2n) is 6.02. The van der Waals surface area contributed by atoms with Crippen LogP contribution in [0.3, 0.4) is 0 Å². The summed E-state index contributed by atoms with van der Waals surface area (Å²) in [5.74, 6) is 1.01. The highest BCUT2D eigenvalue weighted by molar-refractivity contribution is 7.11. The molecule has 106 valence electrons. The van der Waals surface area contributed by atoms with Gasteiger partial charge in [0.05, 0.1) is 0 Å². The first-order valence-electron chi connectivity index (χ1n) is 7.89. The fraction of sp³-hybridized carbons (Fsp3) is 0.750. The lowest BCUT2D eigenvalue weighted by atomic mass is 9.85. The van der Waals surface area contributed by atoms with E-state index in [1.165, 1.54) is 50.1 Å². The van der Waals surface area contributed by atoms with Crippen LogP contribution in [0.1, 0.15) is 48.8 Å². The number of likely N-dealkylation sites (tertiary alicyclic amines) is 1. The lowest BCUT2D eigenvalue weighted by Crippen LogP contribution is -2.33. The molecule has 1 saturated carbocycles. The first kappa shape index (κ1) is 13.6. The Morgan fingerprint density at radius 3 is 2.95 bits per heavy atom. The van der Waals surface area contributed by atoms with Crippen molar-refractivity contribution in [3.63, 3.8) is 0 Å². The molecule has 2 unspecified atom stereocenters. The summed E-state index contributed by atoms with van der Waals surface area (Å²) in [5, 5.41) is 3.41. The van der Waals surface area contributed by atoms with Crippen LogP contribution >= 0.6 is 11.3 Å². The van der Waals surface area contributed by atoms with Crippen molar-refractivity contribution in [2.45, 2.75) is 58.2 Å². The molecule has 1 aliphatic carbocycles. The zero-order chi connectivity index (χ0) is 13.1. The van der Waals surface area contributed by atoms with Gasteiger partial charge in [0, 0.05) is 28.9 Å². The lowest BCUT2D eigenvalue weighted by molar-refractivity contribution is 0.177. The molecule has 2 fully saturated rings. The van der Waals surface area contributed by atoms with E-state index in [0.717, 1.165) is 25.0 Å². The minimum atomic E-state index is 0.896. The van der Waals surface area contributed by atoms with Gasteiger partial charge in [-0.1, -0.05) is 19.8 Å². The van der Waals surface area contributed by atoms with E-state index < -0.39 is 0 Å². The Bertz CT molecular complexity index is 401. The Morgan fingerprint density at radius 2 is 2.05 bits per heavy atom. The van der Waals surface area contributed by atoms with Crippen molar-refractivity contribution in [3.8, 4) is 0 Å². The first-order valence-corrected chi connectivity index (χ1v) is 8.71. The molecular formula is C16H26N2S. The van der Waals surface area contributed by atoms with Crippen molar-refractivity contribution in [1.82, 2.24) is 10.2 Å². The van der Waals surface area contributed by atoms with E-state index in [-0.39, 0.29) is 0 Å². The zero-order valence-corrected chi connectivity index (χ0v) is 12.8. The van der Waals surface area contributed by atoms with Crippen LogP contribution in [0.2, 0.25) is 0 Å². The van der Waals surface area contributed by atoms with E-state index in [2.05, 4.69) is 29.3 Å². The standard InChI is InChI=1S/C16H26N2S/c1-2-17-11-14-7-8-15(19-14)12-18-10-9-13-5-3-4-6-16(13)18/h7-8,13,16-17H,2-6,9-12H2,1H3. The van der Waals surface area contributed by atoms with E-state index in [9.17, 15) is 0 Å². The minimum absolute atomic E-state index is 0.896. The molecule has 2 heterocycles. The average Bonchev–Trinajstić information content (AvgIpc) is 3.05. The first-order chi connectivity index (χ1) is 9.36. The molecule has 0 radical (unpaired) electrons. The van der Waals surface area contributed by atoms with Crippen molar-refractivity contribution in [2.24, 2.45) is 5.92 Å². The largest absolute Gasteiger partial charge is 0.312 e. The van der Waals surface area contributed by atoms with Crippen LogP contribution in [0.4, 0.5) is 0 Å². The molecule has 2 atom stereocenters. The summed E-state index contributed by atoms with van der Waals surface area (Å²) in [6.07, 6.45) is 7.30. The predicted octanol–water partition coefficient (Wildman–Crippen LogP) is 3.62. The highest BCUT2D eigenvalue weighted by Crippen LogP contribution is 2.37. The topological polar surface area (TPSA) is 15.3 Å². The Morgan fingerprint density at radius 1 is 1.21 bits per heavy atom. The van der Waals surface area contributed by atoms with Crippen molar-refractivity contribution in [2.75, 3.05) is 13.1 Å². The van der Waals surface area contributed by atoms with Gasteiger partial charge in [0.1, 0.15) is 0 Å². The van der Waals surface area contributed by atoms with Gasteiger partial charge in [-0.2, -0.15) is 0 Å². The zero-order valence-electron chi connectivity index (χ0n) is 12.0. The molecule has 1 aliphatic heterocycles. The molecule has 0 spiro atoms. The van der Waals surface area contributed by atoms with Gasteiger partial charge in [0.15, 0.2) is 0 Å². The van der Waals surface area contributed by atoms with E-state index >= 15 is 0 Å². The summed E-state index contributed by atoms with van der Waals surface area (Å²) < 4.78 is 0. The summed E-state index contributed by atoms with van der Waals surface area (Å²) in [6, 6.07) is 5.54. The Hall–Kier alpha value is -0.380. The maximum absolute atomic E-state index is 3.41. The summed E-state index contributed by atoms with van der Waals surface area (Å²) >= 11 is 1.99. The van der Waals surface area contributed by atoms with Gasteiger partial charge in [-0.15, -0.1) is 11.3 Å². The quantitative estimate of drug-likeness (QED) is 0.885. The number of hydrogen-bond acceptors (Lipinski definition) is 3. The molecule has 1 aromatic rings. The fourth-order valence-electron chi connectivity index (χ4n) is 3.75. The van der Waals surface area contributed by atoms with E-state index in [4.69, 9.17) is 0 Å². The second kappa shape index (κ2) is 6.38. The maximum Gasteiger partial charge on any atom is 0.0331 e. The van der Waals surface area contributed by atoms with Gasteiger partial charge >= 0.3 is 0 Å². The minimum Gasteiger partial charge on any atom is -0.312 e. The monoisotopic (exact) mass is 278 g/mol. The summed E-state index contributed by atoms with van der Waals surface area (Å²) in [5.41, 5.74) is 0. The van der Waals surface area contributed by atoms with Crippen molar-refractivity contribution < 1.29 is 0 Å². The van der Waals surface area contributed by atoms with Gasteiger partial charge in [-0.25, -0.2) is 0 Å². The van der Waals surface area contributed by atoms with Crippen molar-refractivity contribution in [1.29, 1.82) is 0 Å². The van der Waals surface area contributed by atoms with Gasteiger partial charge in [0.25, 0.3) is 0 Å². The molecule has 1 saturated heterocycles. The van der Waals surface area contributed by atoms with Crippen LogP contribution in [-0.4, -0.2) is 24.0 Å². The van der Waals surface area contributed by atoms with Crippen LogP contribution in [0.5, 0.6) is 0 Å². The van der Waals surface area contributed by atoms with Crippen molar-refractivity contribution in [3.05, 3.63) is 21.9 Å². The Balaban J connectivity index is 1.57. The third kappa shape index (κ3) is 3.21. The number of nitrogens with zero attached hydrogens (tertiary/aromatic N) is 1. The lowest BCUT2D eigenvalue weighted by Gasteiger charge is -2.31. The van der Waals surface area contributed by atoms with E-state index in [0.29, 0.717) is 0 Å². The molecule has 0 bridgehead atoms. The van der Waals surface area contributed by atoms with Gasteiger partial charge in [-0.05, 0) is 50.4 Å². The number of nitrogens with one attached hydrogen (secondary N) is 1.